The van der Waals surface area contributed by atoms with Gasteiger partial charge in [-0.2, -0.15) is 10.2 Å². The minimum atomic E-state index is -0.122. The SMILES string of the molecule is Cc1cc(C)n(CCCN(C)C(=O)N[C@@H](C)c2cnn(-c3ccccc3)c2)n1. The van der Waals surface area contributed by atoms with E-state index < -0.39 is 0 Å². The molecule has 0 unspecified atom stereocenters. The Morgan fingerprint density at radius 3 is 2.68 bits per heavy atom. The first kappa shape index (κ1) is 19.7. The molecule has 1 aromatic carbocycles. The zero-order valence-corrected chi connectivity index (χ0v) is 17.0. The van der Waals surface area contributed by atoms with Crippen molar-refractivity contribution >= 4 is 6.03 Å². The van der Waals surface area contributed by atoms with Crippen molar-refractivity contribution < 1.29 is 4.79 Å². The highest BCUT2D eigenvalue weighted by atomic mass is 16.2. The zero-order valence-electron chi connectivity index (χ0n) is 17.0. The van der Waals surface area contributed by atoms with Crippen LogP contribution < -0.4 is 5.32 Å². The van der Waals surface area contributed by atoms with Gasteiger partial charge in [-0.1, -0.05) is 18.2 Å². The molecule has 0 fully saturated rings. The van der Waals surface area contributed by atoms with Gasteiger partial charge in [-0.25, -0.2) is 9.48 Å². The van der Waals surface area contributed by atoms with Crippen molar-refractivity contribution in [1.82, 2.24) is 29.8 Å². The molecule has 2 amide bonds. The molecule has 0 aliphatic carbocycles. The first-order valence-corrected chi connectivity index (χ1v) is 9.56. The second kappa shape index (κ2) is 8.73. The number of nitrogens with one attached hydrogen (secondary N) is 1. The molecule has 148 valence electrons. The summed E-state index contributed by atoms with van der Waals surface area (Å²) in [5, 5.41) is 11.9. The van der Waals surface area contributed by atoms with Crippen LogP contribution in [0.2, 0.25) is 0 Å². The second-order valence-electron chi connectivity index (χ2n) is 7.15. The summed E-state index contributed by atoms with van der Waals surface area (Å²) in [5.74, 6) is 0. The van der Waals surface area contributed by atoms with Gasteiger partial charge >= 0.3 is 6.03 Å². The maximum absolute atomic E-state index is 12.5. The number of aromatic nitrogens is 4. The van der Waals surface area contributed by atoms with E-state index in [1.165, 1.54) is 0 Å². The number of amides is 2. The third kappa shape index (κ3) is 4.79. The lowest BCUT2D eigenvalue weighted by molar-refractivity contribution is 0.204. The topological polar surface area (TPSA) is 68.0 Å². The number of benzene rings is 1. The molecule has 0 bridgehead atoms. The third-order valence-electron chi connectivity index (χ3n) is 4.78. The smallest absolute Gasteiger partial charge is 0.317 e. The fourth-order valence-electron chi connectivity index (χ4n) is 3.12. The normalized spacial score (nSPS) is 12.0. The molecule has 3 rings (SSSR count). The Labute approximate surface area is 166 Å². The number of aryl methyl sites for hydroxylation is 3. The van der Waals surface area contributed by atoms with Gasteiger partial charge in [-0.05, 0) is 45.4 Å². The zero-order chi connectivity index (χ0) is 20.1. The first-order chi connectivity index (χ1) is 13.4. The molecule has 0 aliphatic rings. The quantitative estimate of drug-likeness (QED) is 0.682. The maximum Gasteiger partial charge on any atom is 0.317 e. The Morgan fingerprint density at radius 2 is 2.00 bits per heavy atom. The van der Waals surface area contributed by atoms with E-state index in [0.29, 0.717) is 6.54 Å². The summed E-state index contributed by atoms with van der Waals surface area (Å²) >= 11 is 0. The average molecular weight is 380 g/mol. The number of rotatable bonds is 7. The van der Waals surface area contributed by atoms with Gasteiger partial charge in [0.15, 0.2) is 0 Å². The van der Waals surface area contributed by atoms with Gasteiger partial charge in [0, 0.05) is 37.6 Å². The summed E-state index contributed by atoms with van der Waals surface area (Å²) in [4.78, 5) is 14.2. The van der Waals surface area contributed by atoms with Gasteiger partial charge in [-0.3, -0.25) is 4.68 Å². The Hall–Kier alpha value is -3.09. The van der Waals surface area contributed by atoms with Gasteiger partial charge in [-0.15, -0.1) is 0 Å². The molecule has 1 atom stereocenters. The van der Waals surface area contributed by atoms with Gasteiger partial charge in [0.25, 0.3) is 0 Å². The Bertz CT molecular complexity index is 914. The molecule has 0 saturated heterocycles. The molecule has 7 nitrogen and oxygen atoms in total. The lowest BCUT2D eigenvalue weighted by Crippen LogP contribution is -2.39. The number of carbonyl (C=O) groups is 1. The molecule has 28 heavy (non-hydrogen) atoms. The van der Waals surface area contributed by atoms with E-state index in [2.05, 4.69) is 21.6 Å². The van der Waals surface area contributed by atoms with Crippen LogP contribution in [0.1, 0.15) is 36.3 Å². The highest BCUT2D eigenvalue weighted by molar-refractivity contribution is 5.74. The summed E-state index contributed by atoms with van der Waals surface area (Å²) in [5.41, 5.74) is 4.13. The summed E-state index contributed by atoms with van der Waals surface area (Å²) in [6.07, 6.45) is 4.59. The molecule has 1 N–H and O–H groups in total. The molecule has 7 heteroatoms. The van der Waals surface area contributed by atoms with Crippen LogP contribution in [-0.2, 0) is 6.54 Å². The van der Waals surface area contributed by atoms with Crippen molar-refractivity contribution in [3.05, 3.63) is 65.7 Å². The van der Waals surface area contributed by atoms with E-state index >= 15 is 0 Å². The summed E-state index contributed by atoms with van der Waals surface area (Å²) < 4.78 is 3.80. The van der Waals surface area contributed by atoms with Gasteiger partial charge < -0.3 is 10.2 Å². The van der Waals surface area contributed by atoms with E-state index in [0.717, 1.165) is 35.6 Å². The molecule has 2 heterocycles. The van der Waals surface area contributed by atoms with Crippen LogP contribution in [0.3, 0.4) is 0 Å². The van der Waals surface area contributed by atoms with Crippen LogP contribution in [0.5, 0.6) is 0 Å². The lowest BCUT2D eigenvalue weighted by atomic mass is 10.2. The van der Waals surface area contributed by atoms with Crippen molar-refractivity contribution in [3.8, 4) is 5.69 Å². The van der Waals surface area contributed by atoms with Gasteiger partial charge in [0.1, 0.15) is 0 Å². The molecule has 0 spiro atoms. The fourth-order valence-corrected chi connectivity index (χ4v) is 3.12. The van der Waals surface area contributed by atoms with Crippen LogP contribution in [-0.4, -0.2) is 44.1 Å². The van der Waals surface area contributed by atoms with Crippen LogP contribution in [0.15, 0.2) is 48.8 Å². The van der Waals surface area contributed by atoms with E-state index in [1.807, 2.05) is 73.7 Å². The van der Waals surface area contributed by atoms with Crippen molar-refractivity contribution in [1.29, 1.82) is 0 Å². The number of hydrogen-bond donors (Lipinski definition) is 1. The van der Waals surface area contributed by atoms with E-state index in [1.54, 1.807) is 11.1 Å². The van der Waals surface area contributed by atoms with Crippen LogP contribution in [0.25, 0.3) is 5.69 Å². The Balaban J connectivity index is 1.49. The minimum absolute atomic E-state index is 0.0895. The summed E-state index contributed by atoms with van der Waals surface area (Å²) in [7, 11) is 1.82. The largest absolute Gasteiger partial charge is 0.331 e. The second-order valence-corrected chi connectivity index (χ2v) is 7.15. The van der Waals surface area contributed by atoms with Crippen molar-refractivity contribution in [3.63, 3.8) is 0 Å². The predicted molar refractivity (Wildman–Crippen MR) is 109 cm³/mol. The van der Waals surface area contributed by atoms with Crippen LogP contribution in [0.4, 0.5) is 4.79 Å². The fraction of sp³-hybridized carbons (Fsp3) is 0.381. The standard InChI is InChI=1S/C21H28N6O/c1-16-13-17(2)26(24-16)12-8-11-25(4)21(28)23-18(3)19-14-22-27(15-19)20-9-6-5-7-10-20/h5-7,9-10,13-15,18H,8,11-12H2,1-4H3,(H,23,28)/t18-/m0/s1. The third-order valence-corrected chi connectivity index (χ3v) is 4.78. The van der Waals surface area contributed by atoms with Gasteiger partial charge in [0.05, 0.1) is 23.6 Å². The Morgan fingerprint density at radius 1 is 1.25 bits per heavy atom. The summed E-state index contributed by atoms with van der Waals surface area (Å²) in [6, 6.07) is 11.8. The molecule has 0 saturated carbocycles. The van der Waals surface area contributed by atoms with E-state index in [9.17, 15) is 4.79 Å². The lowest BCUT2D eigenvalue weighted by Gasteiger charge is -2.21. The van der Waals surface area contributed by atoms with Crippen molar-refractivity contribution in [2.45, 2.75) is 39.8 Å². The summed E-state index contributed by atoms with van der Waals surface area (Å²) in [6.45, 7) is 7.48. The maximum atomic E-state index is 12.5. The van der Waals surface area contributed by atoms with E-state index in [-0.39, 0.29) is 12.1 Å². The van der Waals surface area contributed by atoms with Crippen LogP contribution >= 0.6 is 0 Å². The Kier molecular flexibility index (Phi) is 6.13. The minimum Gasteiger partial charge on any atom is -0.331 e. The molecular weight excluding hydrogens is 352 g/mol. The average Bonchev–Trinajstić information content (AvgIpc) is 3.29. The molecule has 3 aromatic rings. The number of urea groups is 1. The molecule has 2 aromatic heterocycles. The van der Waals surface area contributed by atoms with Crippen LogP contribution in [0, 0.1) is 13.8 Å². The van der Waals surface area contributed by atoms with Crippen molar-refractivity contribution in [2.75, 3.05) is 13.6 Å². The predicted octanol–water partition coefficient (Wildman–Crippen LogP) is 3.48. The molecule has 0 aliphatic heterocycles. The number of hydrogen-bond acceptors (Lipinski definition) is 3. The molecular formula is C21H28N6O. The van der Waals surface area contributed by atoms with Crippen molar-refractivity contribution in [2.24, 2.45) is 0 Å². The highest BCUT2D eigenvalue weighted by Crippen LogP contribution is 2.14. The van der Waals surface area contributed by atoms with Gasteiger partial charge in [0.2, 0.25) is 0 Å². The first-order valence-electron chi connectivity index (χ1n) is 9.56. The monoisotopic (exact) mass is 380 g/mol. The number of carbonyl (C=O) groups excluding carboxylic acids is 1. The van der Waals surface area contributed by atoms with E-state index in [4.69, 9.17) is 0 Å². The highest BCUT2D eigenvalue weighted by Gasteiger charge is 2.15. The number of para-hydroxylation sites is 1. The molecule has 0 radical (unpaired) electrons. The number of nitrogens with zero attached hydrogens (tertiary/aromatic N) is 5.